The summed E-state index contributed by atoms with van der Waals surface area (Å²) in [5, 5.41) is 2.16. The molecule has 2 N–H and O–H groups in total. The number of nitrogens with zero attached hydrogens (tertiary/aromatic N) is 3. The number of aryl methyl sites for hydroxylation is 1. The van der Waals surface area contributed by atoms with Crippen molar-refractivity contribution < 1.29 is 12.8 Å². The second-order valence-electron chi connectivity index (χ2n) is 8.80. The number of pyridine rings is 1. The van der Waals surface area contributed by atoms with E-state index in [1.54, 1.807) is 12.1 Å². The van der Waals surface area contributed by atoms with Gasteiger partial charge in [0, 0.05) is 23.6 Å². The predicted octanol–water partition coefficient (Wildman–Crippen LogP) is 3.77. The first-order valence-electron chi connectivity index (χ1n) is 11.3. The van der Waals surface area contributed by atoms with Crippen molar-refractivity contribution in [2.24, 2.45) is 7.05 Å². The Hall–Kier alpha value is -3.42. The Bertz CT molecular complexity index is 1900. The number of hydrogen-bond acceptors (Lipinski definition) is 6. The first-order valence-corrected chi connectivity index (χ1v) is 14.3. The highest BCUT2D eigenvalue weighted by Gasteiger charge is 2.31. The third-order valence-electron chi connectivity index (χ3n) is 6.08. The Kier molecular flexibility index (Phi) is 6.70. The lowest BCUT2D eigenvalue weighted by atomic mass is 10.2. The number of sulfonamides is 1. The highest BCUT2D eigenvalue weighted by Crippen LogP contribution is 2.34. The predicted molar refractivity (Wildman–Crippen MR) is 148 cm³/mol. The summed E-state index contributed by atoms with van der Waals surface area (Å²) in [4.78, 5) is 40.4. The number of benzene rings is 2. The van der Waals surface area contributed by atoms with E-state index in [1.165, 1.54) is 48.0 Å². The smallest absolute Gasteiger partial charge is 0.337 e. The third kappa shape index (κ3) is 4.76. The molecular weight excluding hydrogens is 605 g/mol. The Morgan fingerprint density at radius 2 is 1.82 bits per heavy atom. The molecule has 1 aliphatic carbocycles. The lowest BCUT2D eigenvalue weighted by Gasteiger charge is -2.19. The number of fused-ring (bicyclic) bond motifs is 1. The molecular formula is C24H20BrClFN5O5S. The molecule has 38 heavy (non-hydrogen) atoms. The van der Waals surface area contributed by atoms with Crippen molar-refractivity contribution in [2.45, 2.75) is 18.9 Å². The van der Waals surface area contributed by atoms with Crippen LogP contribution in [0.5, 0.6) is 0 Å². The van der Waals surface area contributed by atoms with E-state index in [0.29, 0.717) is 17.3 Å². The van der Waals surface area contributed by atoms with E-state index in [2.05, 4.69) is 26.0 Å². The van der Waals surface area contributed by atoms with Crippen molar-refractivity contribution in [3.8, 4) is 5.69 Å². The molecule has 2 aromatic heterocycles. The maximum atomic E-state index is 14.7. The van der Waals surface area contributed by atoms with E-state index in [1.807, 2.05) is 0 Å². The quantitative estimate of drug-likeness (QED) is 0.302. The number of nitrogens with one attached hydrogen (secondary N) is 2. The zero-order valence-corrected chi connectivity index (χ0v) is 22.9. The van der Waals surface area contributed by atoms with Crippen molar-refractivity contribution in [1.82, 2.24) is 13.7 Å². The van der Waals surface area contributed by atoms with Crippen molar-refractivity contribution >= 4 is 65.6 Å². The fourth-order valence-electron chi connectivity index (χ4n) is 4.20. The Balaban J connectivity index is 1.84. The zero-order valence-electron chi connectivity index (χ0n) is 19.7. The fraction of sp³-hybridized carbons (Fsp3) is 0.208. The number of alkyl halides is 1. The highest BCUT2D eigenvalue weighted by molar-refractivity contribution is 9.10. The van der Waals surface area contributed by atoms with Crippen LogP contribution in [0, 0.1) is 5.82 Å². The Labute approximate surface area is 228 Å². The molecule has 1 saturated carbocycles. The normalized spacial score (nSPS) is 13.6. The van der Waals surface area contributed by atoms with Gasteiger partial charge in [-0.15, -0.1) is 11.6 Å². The van der Waals surface area contributed by atoms with Gasteiger partial charge in [0.1, 0.15) is 22.1 Å². The lowest BCUT2D eigenvalue weighted by molar-refractivity contribution is 0.605. The average molecular weight is 625 g/mol. The molecule has 0 spiro atoms. The van der Waals surface area contributed by atoms with Crippen LogP contribution in [0.25, 0.3) is 16.7 Å². The summed E-state index contributed by atoms with van der Waals surface area (Å²) in [6.07, 6.45) is 1.23. The van der Waals surface area contributed by atoms with Gasteiger partial charge in [0.15, 0.2) is 0 Å². The molecule has 5 rings (SSSR count). The topological polar surface area (TPSA) is 124 Å². The van der Waals surface area contributed by atoms with Gasteiger partial charge in [-0.25, -0.2) is 22.2 Å². The summed E-state index contributed by atoms with van der Waals surface area (Å²) in [6.45, 7) is 0. The van der Waals surface area contributed by atoms with Crippen LogP contribution in [-0.2, 0) is 17.1 Å². The van der Waals surface area contributed by atoms with Gasteiger partial charge in [-0.3, -0.25) is 23.4 Å². The molecule has 4 aromatic rings. The molecule has 1 fully saturated rings. The van der Waals surface area contributed by atoms with E-state index in [-0.39, 0.29) is 39.8 Å². The molecule has 2 heterocycles. The van der Waals surface area contributed by atoms with E-state index in [0.717, 1.165) is 9.13 Å². The SMILES string of the molecule is Cn1c(=O)cc(Nc2ccc(Br)cc2F)c2c(=O)n(C3CC3)c(=O)n(-c3cccc(NS(=O)(=O)CCl)c3)c21. The standard InChI is InChI=1S/C24H20BrClFN5O5S/c1-30-20(33)11-19(28-18-8-5-13(25)9-17(18)27)21-22(30)31(24(35)32(23(21)34)15-6-7-15)16-4-2-3-14(10-16)29-38(36,37)12-26/h2-5,8-11,15,28-29H,6-7,12H2,1H3. The van der Waals surface area contributed by atoms with Gasteiger partial charge in [0.05, 0.1) is 22.7 Å². The molecule has 0 radical (unpaired) electrons. The van der Waals surface area contributed by atoms with Gasteiger partial charge in [-0.05, 0) is 49.2 Å². The van der Waals surface area contributed by atoms with Crippen LogP contribution in [0.3, 0.4) is 0 Å². The Morgan fingerprint density at radius 1 is 1.08 bits per heavy atom. The summed E-state index contributed by atoms with van der Waals surface area (Å²) >= 11 is 8.70. The van der Waals surface area contributed by atoms with Crippen LogP contribution in [0.2, 0.25) is 0 Å². The summed E-state index contributed by atoms with van der Waals surface area (Å²) in [7, 11) is -2.43. The van der Waals surface area contributed by atoms with Gasteiger partial charge < -0.3 is 5.32 Å². The second kappa shape index (κ2) is 9.71. The van der Waals surface area contributed by atoms with Crippen molar-refractivity contribution in [3.05, 3.63) is 90.0 Å². The van der Waals surface area contributed by atoms with Gasteiger partial charge in [-0.1, -0.05) is 22.0 Å². The molecule has 0 unspecified atom stereocenters. The monoisotopic (exact) mass is 623 g/mol. The van der Waals surface area contributed by atoms with Crippen molar-refractivity contribution in [3.63, 3.8) is 0 Å². The van der Waals surface area contributed by atoms with Gasteiger partial charge in [-0.2, -0.15) is 0 Å². The molecule has 0 saturated heterocycles. The van der Waals surface area contributed by atoms with Crippen molar-refractivity contribution in [2.75, 3.05) is 15.3 Å². The van der Waals surface area contributed by atoms with Crippen LogP contribution in [0.15, 0.2) is 67.4 Å². The number of hydrogen-bond donors (Lipinski definition) is 2. The first-order chi connectivity index (χ1) is 18.0. The van der Waals surface area contributed by atoms with E-state index >= 15 is 0 Å². The maximum Gasteiger partial charge on any atom is 0.337 e. The lowest BCUT2D eigenvalue weighted by Crippen LogP contribution is -2.41. The summed E-state index contributed by atoms with van der Waals surface area (Å²) in [6, 6.07) is 11.0. The number of aromatic nitrogens is 3. The minimum atomic E-state index is -3.84. The molecule has 1 aliphatic rings. The molecule has 0 atom stereocenters. The maximum absolute atomic E-state index is 14.7. The van der Waals surface area contributed by atoms with Gasteiger partial charge in [0.2, 0.25) is 10.0 Å². The molecule has 14 heteroatoms. The minimum Gasteiger partial charge on any atom is -0.352 e. The fourth-order valence-corrected chi connectivity index (χ4v) is 5.24. The molecule has 2 aromatic carbocycles. The molecule has 0 bridgehead atoms. The number of anilines is 3. The average Bonchev–Trinajstić information content (AvgIpc) is 3.69. The molecule has 0 aliphatic heterocycles. The van der Waals surface area contributed by atoms with Gasteiger partial charge in [0.25, 0.3) is 11.1 Å². The van der Waals surface area contributed by atoms with Crippen LogP contribution in [0.4, 0.5) is 21.5 Å². The van der Waals surface area contributed by atoms with Crippen LogP contribution in [-0.4, -0.2) is 27.3 Å². The van der Waals surface area contributed by atoms with Gasteiger partial charge >= 0.3 is 5.69 Å². The minimum absolute atomic E-state index is 0.00680. The van der Waals surface area contributed by atoms with Crippen LogP contribution < -0.4 is 26.8 Å². The largest absolute Gasteiger partial charge is 0.352 e. The van der Waals surface area contributed by atoms with Crippen LogP contribution in [0.1, 0.15) is 18.9 Å². The van der Waals surface area contributed by atoms with E-state index in [4.69, 9.17) is 11.6 Å². The van der Waals surface area contributed by atoms with E-state index in [9.17, 15) is 27.2 Å². The summed E-state index contributed by atoms with van der Waals surface area (Å²) in [5.41, 5.74) is -1.54. The van der Waals surface area contributed by atoms with Crippen molar-refractivity contribution in [1.29, 1.82) is 0 Å². The van der Waals surface area contributed by atoms with Crippen LogP contribution >= 0.6 is 27.5 Å². The third-order valence-corrected chi connectivity index (χ3v) is 8.27. The summed E-state index contributed by atoms with van der Waals surface area (Å²) < 4.78 is 45.0. The molecule has 198 valence electrons. The Morgan fingerprint density at radius 3 is 2.47 bits per heavy atom. The molecule has 10 nitrogen and oxygen atoms in total. The zero-order chi connectivity index (χ0) is 27.4. The van der Waals surface area contributed by atoms with E-state index < -0.39 is 37.9 Å². The highest BCUT2D eigenvalue weighted by atomic mass is 79.9. The summed E-state index contributed by atoms with van der Waals surface area (Å²) in [5.74, 6) is -0.622. The number of rotatable bonds is 7. The molecule has 0 amide bonds. The first kappa shape index (κ1) is 26.2. The number of halogens is 3. The second-order valence-corrected chi connectivity index (χ2v) is 12.0.